The lowest BCUT2D eigenvalue weighted by Crippen LogP contribution is -2.27. The molecule has 172 valence electrons. The van der Waals surface area contributed by atoms with Gasteiger partial charge in [0.2, 0.25) is 0 Å². The number of para-hydroxylation sites is 1. The van der Waals surface area contributed by atoms with E-state index in [0.717, 1.165) is 16.7 Å². The summed E-state index contributed by atoms with van der Waals surface area (Å²) in [5.41, 5.74) is 1.60. The Hall–Kier alpha value is -3.43. The number of nitrogens with one attached hydrogen (secondary N) is 1. The van der Waals surface area contributed by atoms with E-state index in [1.165, 1.54) is 12.1 Å². The molecule has 3 amide bonds. The fourth-order valence-corrected chi connectivity index (χ4v) is 4.52. The quantitative estimate of drug-likeness (QED) is 0.381. The van der Waals surface area contributed by atoms with Crippen LogP contribution in [0.1, 0.15) is 11.1 Å². The minimum absolute atomic E-state index is 0.129. The monoisotopic (exact) mass is 540 g/mol. The minimum atomic E-state index is -0.479. The molecule has 1 aliphatic heterocycles. The van der Waals surface area contributed by atoms with Crippen molar-refractivity contribution in [3.63, 3.8) is 0 Å². The topological polar surface area (TPSA) is 75.7 Å². The first-order valence-corrected chi connectivity index (χ1v) is 11.8. The Morgan fingerprint density at radius 1 is 1.06 bits per heavy atom. The zero-order valence-electron chi connectivity index (χ0n) is 17.7. The van der Waals surface area contributed by atoms with Gasteiger partial charge in [0, 0.05) is 11.3 Å². The third-order valence-electron chi connectivity index (χ3n) is 4.83. The van der Waals surface area contributed by atoms with Crippen LogP contribution in [0.4, 0.5) is 14.9 Å². The van der Waals surface area contributed by atoms with Gasteiger partial charge in [-0.1, -0.05) is 42.5 Å². The van der Waals surface area contributed by atoms with Crippen LogP contribution in [0.15, 0.2) is 82.2 Å². The summed E-state index contributed by atoms with van der Waals surface area (Å²) in [6.07, 6.45) is 1.59. The maximum absolute atomic E-state index is 13.9. The van der Waals surface area contributed by atoms with Crippen molar-refractivity contribution in [2.45, 2.75) is 6.54 Å². The number of anilines is 1. The molecule has 9 heteroatoms. The van der Waals surface area contributed by atoms with Gasteiger partial charge in [0.15, 0.2) is 6.61 Å². The number of benzene rings is 3. The highest BCUT2D eigenvalue weighted by molar-refractivity contribution is 9.10. The maximum atomic E-state index is 13.9. The zero-order chi connectivity index (χ0) is 24.1. The Kier molecular flexibility index (Phi) is 7.44. The standard InChI is InChI=1S/C25H18BrFN2O4S/c26-19-12-16(10-11-21(19)33-15-23(30)28-18-7-2-1-3-8-18)13-22-24(31)29(25(32)34-22)14-17-6-4-5-9-20(17)27/h1-13H,14-15H2,(H,28,30)/b22-13-. The number of thioether (sulfide) groups is 1. The highest BCUT2D eigenvalue weighted by Crippen LogP contribution is 2.35. The number of hydrogen-bond donors (Lipinski definition) is 1. The normalized spacial score (nSPS) is 14.5. The summed E-state index contributed by atoms with van der Waals surface area (Å²) in [4.78, 5) is 38.4. The summed E-state index contributed by atoms with van der Waals surface area (Å²) in [7, 11) is 0. The smallest absolute Gasteiger partial charge is 0.293 e. The van der Waals surface area contributed by atoms with Crippen molar-refractivity contribution in [2.75, 3.05) is 11.9 Å². The Labute approximate surface area is 207 Å². The third kappa shape index (κ3) is 5.73. The fraction of sp³-hybridized carbons (Fsp3) is 0.0800. The van der Waals surface area contributed by atoms with Gasteiger partial charge in [0.1, 0.15) is 11.6 Å². The number of rotatable bonds is 7. The van der Waals surface area contributed by atoms with Gasteiger partial charge < -0.3 is 10.1 Å². The van der Waals surface area contributed by atoms with E-state index in [-0.39, 0.29) is 29.5 Å². The number of carbonyl (C=O) groups is 3. The number of nitrogens with zero attached hydrogens (tertiary/aromatic N) is 1. The van der Waals surface area contributed by atoms with Crippen LogP contribution in [0.5, 0.6) is 5.75 Å². The van der Waals surface area contributed by atoms with Crippen molar-refractivity contribution < 1.29 is 23.5 Å². The number of hydrogen-bond acceptors (Lipinski definition) is 5. The fourth-order valence-electron chi connectivity index (χ4n) is 3.17. The average molecular weight is 541 g/mol. The second-order valence-corrected chi connectivity index (χ2v) is 9.10. The predicted octanol–water partition coefficient (Wildman–Crippen LogP) is 5.84. The lowest BCUT2D eigenvalue weighted by atomic mass is 10.2. The van der Waals surface area contributed by atoms with Gasteiger partial charge in [-0.25, -0.2) is 4.39 Å². The lowest BCUT2D eigenvalue weighted by molar-refractivity contribution is -0.123. The van der Waals surface area contributed by atoms with Crippen molar-refractivity contribution in [3.8, 4) is 5.75 Å². The molecule has 6 nitrogen and oxygen atoms in total. The molecule has 1 saturated heterocycles. The Morgan fingerprint density at radius 3 is 2.53 bits per heavy atom. The summed E-state index contributed by atoms with van der Waals surface area (Å²) in [6, 6.07) is 20.2. The SMILES string of the molecule is O=C(COc1ccc(/C=C2\SC(=O)N(Cc3ccccc3F)C2=O)cc1Br)Nc1ccccc1. The maximum Gasteiger partial charge on any atom is 0.293 e. The first-order valence-electron chi connectivity index (χ1n) is 10.2. The summed E-state index contributed by atoms with van der Waals surface area (Å²) in [5, 5.41) is 2.28. The van der Waals surface area contributed by atoms with Gasteiger partial charge in [0.25, 0.3) is 17.1 Å². The summed E-state index contributed by atoms with van der Waals surface area (Å²) in [5.74, 6) is -0.798. The molecule has 0 spiro atoms. The number of ether oxygens (including phenoxy) is 1. The van der Waals surface area contributed by atoms with E-state index in [1.807, 2.05) is 18.2 Å². The molecule has 4 rings (SSSR count). The highest BCUT2D eigenvalue weighted by atomic mass is 79.9. The van der Waals surface area contributed by atoms with E-state index >= 15 is 0 Å². The largest absolute Gasteiger partial charge is 0.483 e. The van der Waals surface area contributed by atoms with E-state index < -0.39 is 17.0 Å². The third-order valence-corrected chi connectivity index (χ3v) is 6.36. The Bertz CT molecular complexity index is 1280. The molecular formula is C25H18BrFN2O4S. The number of imide groups is 1. The molecule has 0 atom stereocenters. The van der Waals surface area contributed by atoms with E-state index in [4.69, 9.17) is 4.74 Å². The molecule has 1 aliphatic rings. The van der Waals surface area contributed by atoms with Gasteiger partial charge in [-0.15, -0.1) is 0 Å². The molecule has 3 aromatic carbocycles. The second kappa shape index (κ2) is 10.7. The lowest BCUT2D eigenvalue weighted by Gasteiger charge is -2.12. The van der Waals surface area contributed by atoms with Crippen molar-refractivity contribution >= 4 is 56.5 Å². The Balaban J connectivity index is 1.40. The van der Waals surface area contributed by atoms with Crippen LogP contribution in [-0.4, -0.2) is 28.6 Å². The van der Waals surface area contributed by atoms with Crippen molar-refractivity contribution in [1.82, 2.24) is 4.90 Å². The summed E-state index contributed by atoms with van der Waals surface area (Å²) in [6.45, 7) is -0.308. The molecule has 1 N–H and O–H groups in total. The molecule has 0 aromatic heterocycles. The molecule has 1 fully saturated rings. The molecule has 0 bridgehead atoms. The molecule has 0 radical (unpaired) electrons. The molecule has 0 saturated carbocycles. The van der Waals surface area contributed by atoms with Gasteiger partial charge in [0.05, 0.1) is 15.9 Å². The number of carbonyl (C=O) groups excluding carboxylic acids is 3. The van der Waals surface area contributed by atoms with E-state index in [9.17, 15) is 18.8 Å². The number of halogens is 2. The second-order valence-electron chi connectivity index (χ2n) is 7.25. The highest BCUT2D eigenvalue weighted by Gasteiger charge is 2.35. The minimum Gasteiger partial charge on any atom is -0.483 e. The van der Waals surface area contributed by atoms with E-state index in [1.54, 1.807) is 48.5 Å². The summed E-state index contributed by atoms with van der Waals surface area (Å²) < 4.78 is 20.1. The predicted molar refractivity (Wildman–Crippen MR) is 133 cm³/mol. The van der Waals surface area contributed by atoms with Crippen molar-refractivity contribution in [2.24, 2.45) is 0 Å². The molecule has 1 heterocycles. The summed E-state index contributed by atoms with van der Waals surface area (Å²) >= 11 is 4.21. The van der Waals surface area contributed by atoms with Crippen LogP contribution >= 0.6 is 27.7 Å². The van der Waals surface area contributed by atoms with Crippen LogP contribution in [0, 0.1) is 5.82 Å². The zero-order valence-corrected chi connectivity index (χ0v) is 20.1. The van der Waals surface area contributed by atoms with Crippen LogP contribution in [0.3, 0.4) is 0 Å². The van der Waals surface area contributed by atoms with Gasteiger partial charge in [-0.05, 0) is 69.7 Å². The van der Waals surface area contributed by atoms with Crippen LogP contribution in [0.25, 0.3) is 6.08 Å². The molecule has 0 aliphatic carbocycles. The average Bonchev–Trinajstić information content (AvgIpc) is 3.08. The van der Waals surface area contributed by atoms with Crippen molar-refractivity contribution in [1.29, 1.82) is 0 Å². The molecular weight excluding hydrogens is 523 g/mol. The van der Waals surface area contributed by atoms with E-state index in [2.05, 4.69) is 21.2 Å². The van der Waals surface area contributed by atoms with Crippen LogP contribution in [-0.2, 0) is 16.1 Å². The van der Waals surface area contributed by atoms with Gasteiger partial charge >= 0.3 is 0 Å². The Morgan fingerprint density at radius 2 is 1.79 bits per heavy atom. The first kappa shape index (κ1) is 23.7. The molecule has 0 unspecified atom stereocenters. The van der Waals surface area contributed by atoms with Crippen LogP contribution < -0.4 is 10.1 Å². The molecule has 3 aromatic rings. The van der Waals surface area contributed by atoms with Gasteiger partial charge in [-0.2, -0.15) is 0 Å². The number of amides is 3. The van der Waals surface area contributed by atoms with Gasteiger partial charge in [-0.3, -0.25) is 19.3 Å². The van der Waals surface area contributed by atoms with E-state index in [0.29, 0.717) is 21.5 Å². The first-order chi connectivity index (χ1) is 16.4. The molecule has 34 heavy (non-hydrogen) atoms. The van der Waals surface area contributed by atoms with Crippen LogP contribution in [0.2, 0.25) is 0 Å². The van der Waals surface area contributed by atoms with Crippen molar-refractivity contribution in [3.05, 3.63) is 99.1 Å².